The molecule has 148 valence electrons. The molecule has 4 rings (SSSR count). The Morgan fingerprint density at radius 2 is 1.86 bits per heavy atom. The number of aromatic nitrogens is 2. The highest BCUT2D eigenvalue weighted by molar-refractivity contribution is 6.01. The van der Waals surface area contributed by atoms with Gasteiger partial charge >= 0.3 is 0 Å². The van der Waals surface area contributed by atoms with Crippen LogP contribution in [0.3, 0.4) is 0 Å². The first-order valence-corrected chi connectivity index (χ1v) is 9.47. The number of rotatable bonds is 3. The second-order valence-electron chi connectivity index (χ2n) is 7.12. The Labute approximate surface area is 167 Å². The molecule has 0 bridgehead atoms. The zero-order chi connectivity index (χ0) is 20.4. The molecular weight excluding hydrogens is 371 g/mol. The average Bonchev–Trinajstić information content (AvgIpc) is 2.74. The van der Waals surface area contributed by atoms with Crippen LogP contribution in [0.4, 0.5) is 10.3 Å². The quantitative estimate of drug-likeness (QED) is 0.714. The molecule has 3 aromatic rings. The number of aliphatic hydroxyl groups is 1. The second-order valence-corrected chi connectivity index (χ2v) is 7.12. The first-order chi connectivity index (χ1) is 14.0. The minimum absolute atomic E-state index is 0.126. The number of nitrogens with zero attached hydrogens (tertiary/aromatic N) is 3. The van der Waals surface area contributed by atoms with Crippen LogP contribution < -0.4 is 5.73 Å². The predicted octanol–water partition coefficient (Wildman–Crippen LogP) is 3.13. The maximum Gasteiger partial charge on any atom is 0.254 e. The van der Waals surface area contributed by atoms with Gasteiger partial charge in [-0.2, -0.15) is 0 Å². The van der Waals surface area contributed by atoms with Crippen molar-refractivity contribution >= 4 is 11.9 Å². The molecule has 0 spiro atoms. The lowest BCUT2D eigenvalue weighted by atomic mass is 9.96. The van der Waals surface area contributed by atoms with Crippen LogP contribution in [0.15, 0.2) is 54.9 Å². The molecule has 0 radical (unpaired) electrons. The van der Waals surface area contributed by atoms with Crippen molar-refractivity contribution in [3.8, 4) is 22.3 Å². The molecule has 1 saturated heterocycles. The van der Waals surface area contributed by atoms with Gasteiger partial charge in [-0.1, -0.05) is 30.3 Å². The van der Waals surface area contributed by atoms with Crippen LogP contribution >= 0.6 is 0 Å². The standard InChI is InChI=1S/C22H21FN4O2/c23-20-10-14(7-8-18(20)15-11-25-22(24)26-12-15)17-5-1-2-6-19(17)21(29)27-9-3-4-16(28)13-27/h1-2,5-8,10-12,16,28H,3-4,9,13H2,(H2,24,25,26). The number of carbonyl (C=O) groups excluding carboxylic acids is 1. The van der Waals surface area contributed by atoms with Crippen molar-refractivity contribution in [2.45, 2.75) is 18.9 Å². The molecule has 0 saturated carbocycles. The van der Waals surface area contributed by atoms with Crippen LogP contribution in [0.5, 0.6) is 0 Å². The van der Waals surface area contributed by atoms with E-state index in [2.05, 4.69) is 9.97 Å². The Kier molecular flexibility index (Phi) is 5.22. The Bertz CT molecular complexity index is 1040. The largest absolute Gasteiger partial charge is 0.391 e. The van der Waals surface area contributed by atoms with Gasteiger partial charge in [0.05, 0.1) is 6.10 Å². The van der Waals surface area contributed by atoms with Gasteiger partial charge in [-0.05, 0) is 36.1 Å². The summed E-state index contributed by atoms with van der Waals surface area (Å²) in [5.74, 6) is -0.469. The number of piperidine rings is 1. The number of β-amino-alcohol motifs (C(OH)–C–C–N with tert-alkyl or cyclic N) is 1. The number of hydrogen-bond acceptors (Lipinski definition) is 5. The number of halogens is 1. The van der Waals surface area contributed by atoms with Crippen LogP contribution in [-0.2, 0) is 0 Å². The average molecular weight is 392 g/mol. The maximum atomic E-state index is 14.8. The van der Waals surface area contributed by atoms with Gasteiger partial charge in [-0.3, -0.25) is 4.79 Å². The Morgan fingerprint density at radius 1 is 1.10 bits per heavy atom. The van der Waals surface area contributed by atoms with Crippen LogP contribution in [0.2, 0.25) is 0 Å². The molecule has 1 fully saturated rings. The summed E-state index contributed by atoms with van der Waals surface area (Å²) in [6.07, 6.45) is 3.91. The maximum absolute atomic E-state index is 14.8. The van der Waals surface area contributed by atoms with E-state index in [-0.39, 0.29) is 11.9 Å². The molecule has 1 aliphatic rings. The van der Waals surface area contributed by atoms with Gasteiger partial charge in [-0.25, -0.2) is 14.4 Å². The van der Waals surface area contributed by atoms with Gasteiger partial charge in [-0.15, -0.1) is 0 Å². The molecule has 1 unspecified atom stereocenters. The van der Waals surface area contributed by atoms with E-state index in [1.165, 1.54) is 18.5 Å². The summed E-state index contributed by atoms with van der Waals surface area (Å²) in [5.41, 5.74) is 8.11. The highest BCUT2D eigenvalue weighted by atomic mass is 19.1. The SMILES string of the molecule is Nc1ncc(-c2ccc(-c3ccccc3C(=O)N3CCCC(O)C3)cc2F)cn1. The van der Waals surface area contributed by atoms with E-state index in [0.717, 1.165) is 6.42 Å². The molecule has 2 heterocycles. The summed E-state index contributed by atoms with van der Waals surface area (Å²) in [7, 11) is 0. The van der Waals surface area contributed by atoms with Crippen molar-refractivity contribution < 1.29 is 14.3 Å². The van der Waals surface area contributed by atoms with E-state index in [0.29, 0.717) is 47.3 Å². The van der Waals surface area contributed by atoms with Crippen molar-refractivity contribution in [3.05, 3.63) is 66.2 Å². The Hall–Kier alpha value is -3.32. The van der Waals surface area contributed by atoms with Gasteiger partial charge < -0.3 is 15.7 Å². The molecule has 7 heteroatoms. The number of nitrogens with two attached hydrogens (primary N) is 1. The first kappa shape index (κ1) is 19.0. The summed E-state index contributed by atoms with van der Waals surface area (Å²) in [4.78, 5) is 22.5. The summed E-state index contributed by atoms with van der Waals surface area (Å²) >= 11 is 0. The topological polar surface area (TPSA) is 92.3 Å². The molecule has 1 amide bonds. The van der Waals surface area contributed by atoms with E-state index in [4.69, 9.17) is 5.73 Å². The van der Waals surface area contributed by atoms with Gasteiger partial charge in [0.25, 0.3) is 5.91 Å². The number of nitrogen functional groups attached to an aromatic ring is 1. The minimum atomic E-state index is -0.501. The van der Waals surface area contributed by atoms with Gasteiger partial charge in [0.2, 0.25) is 5.95 Å². The molecule has 2 aromatic carbocycles. The fourth-order valence-electron chi connectivity index (χ4n) is 3.62. The number of benzene rings is 2. The van der Waals surface area contributed by atoms with Crippen molar-refractivity contribution in [2.24, 2.45) is 0 Å². The Morgan fingerprint density at radius 3 is 2.59 bits per heavy atom. The molecule has 1 atom stereocenters. The second kappa shape index (κ2) is 7.97. The molecule has 1 aromatic heterocycles. The lowest BCUT2D eigenvalue weighted by Gasteiger charge is -2.30. The van der Waals surface area contributed by atoms with Crippen LogP contribution in [-0.4, -0.2) is 45.1 Å². The smallest absolute Gasteiger partial charge is 0.254 e. The lowest BCUT2D eigenvalue weighted by molar-refractivity contribution is 0.0474. The number of aliphatic hydroxyl groups excluding tert-OH is 1. The van der Waals surface area contributed by atoms with E-state index in [1.807, 2.05) is 6.07 Å². The summed E-state index contributed by atoms with van der Waals surface area (Å²) in [5, 5.41) is 9.89. The van der Waals surface area contributed by atoms with Crippen molar-refractivity contribution in [1.82, 2.24) is 14.9 Å². The lowest BCUT2D eigenvalue weighted by Crippen LogP contribution is -2.42. The van der Waals surface area contributed by atoms with Crippen LogP contribution in [0, 0.1) is 5.82 Å². The number of anilines is 1. The summed E-state index contributed by atoms with van der Waals surface area (Å²) in [6.45, 7) is 0.923. The highest BCUT2D eigenvalue weighted by Gasteiger charge is 2.25. The fourth-order valence-corrected chi connectivity index (χ4v) is 3.62. The van der Waals surface area contributed by atoms with Gasteiger partial charge in [0.15, 0.2) is 0 Å². The third kappa shape index (κ3) is 3.95. The molecule has 0 aliphatic carbocycles. The zero-order valence-corrected chi connectivity index (χ0v) is 15.8. The molecule has 3 N–H and O–H groups in total. The Balaban J connectivity index is 1.68. The minimum Gasteiger partial charge on any atom is -0.391 e. The number of likely N-dealkylation sites (tertiary alicyclic amines) is 1. The molecule has 1 aliphatic heterocycles. The third-order valence-electron chi connectivity index (χ3n) is 5.10. The predicted molar refractivity (Wildman–Crippen MR) is 108 cm³/mol. The van der Waals surface area contributed by atoms with Crippen molar-refractivity contribution in [2.75, 3.05) is 18.8 Å². The highest BCUT2D eigenvalue weighted by Crippen LogP contribution is 2.30. The van der Waals surface area contributed by atoms with Crippen LogP contribution in [0.25, 0.3) is 22.3 Å². The molecular formula is C22H21FN4O2. The van der Waals surface area contributed by atoms with E-state index >= 15 is 0 Å². The number of carbonyl (C=O) groups is 1. The summed E-state index contributed by atoms with van der Waals surface area (Å²) in [6, 6.07) is 12.0. The van der Waals surface area contributed by atoms with Crippen molar-refractivity contribution in [3.63, 3.8) is 0 Å². The fraction of sp³-hybridized carbons (Fsp3) is 0.227. The monoisotopic (exact) mass is 392 g/mol. The van der Waals surface area contributed by atoms with E-state index < -0.39 is 11.9 Å². The zero-order valence-electron chi connectivity index (χ0n) is 15.8. The number of amides is 1. The molecule has 6 nitrogen and oxygen atoms in total. The number of hydrogen-bond donors (Lipinski definition) is 2. The van der Waals surface area contributed by atoms with Crippen LogP contribution in [0.1, 0.15) is 23.2 Å². The van der Waals surface area contributed by atoms with Gasteiger partial charge in [0.1, 0.15) is 5.82 Å². The van der Waals surface area contributed by atoms with E-state index in [1.54, 1.807) is 35.2 Å². The molecule has 29 heavy (non-hydrogen) atoms. The van der Waals surface area contributed by atoms with Crippen molar-refractivity contribution in [1.29, 1.82) is 0 Å². The summed E-state index contributed by atoms with van der Waals surface area (Å²) < 4.78 is 14.8. The van der Waals surface area contributed by atoms with E-state index in [9.17, 15) is 14.3 Å². The van der Waals surface area contributed by atoms with Gasteiger partial charge in [0, 0.05) is 42.2 Å². The third-order valence-corrected chi connectivity index (χ3v) is 5.10. The normalized spacial score (nSPS) is 16.6. The first-order valence-electron chi connectivity index (χ1n) is 9.47.